The zero-order chi connectivity index (χ0) is 16.9. The topological polar surface area (TPSA) is 89.3 Å². The molecular weight excluding hydrogens is 308 g/mol. The number of hydrogen-bond acceptors (Lipinski definition) is 6. The molecule has 0 unspecified atom stereocenters. The third-order valence-corrected chi connectivity index (χ3v) is 4.15. The fourth-order valence-corrected chi connectivity index (χ4v) is 2.84. The number of carbonyl (C=O) groups is 1. The SMILES string of the molecule is CCc1oc(C(=O)N[C@H]2CCOC[C@H]2Nc2ccncn2)cc1C. The van der Waals surface area contributed by atoms with Crippen LogP contribution in [0, 0.1) is 6.92 Å². The van der Waals surface area contributed by atoms with Gasteiger partial charge in [0.1, 0.15) is 17.9 Å². The van der Waals surface area contributed by atoms with Crippen molar-refractivity contribution in [1.82, 2.24) is 15.3 Å². The first kappa shape index (κ1) is 16.4. The Labute approximate surface area is 140 Å². The fraction of sp³-hybridized carbons (Fsp3) is 0.471. The molecule has 2 N–H and O–H groups in total. The second-order valence-corrected chi connectivity index (χ2v) is 5.86. The Balaban J connectivity index is 1.67. The molecule has 0 aliphatic carbocycles. The van der Waals surface area contributed by atoms with E-state index in [0.717, 1.165) is 24.2 Å². The maximum Gasteiger partial charge on any atom is 0.287 e. The summed E-state index contributed by atoms with van der Waals surface area (Å²) in [7, 11) is 0. The molecule has 24 heavy (non-hydrogen) atoms. The Hall–Kier alpha value is -2.41. The van der Waals surface area contributed by atoms with Gasteiger partial charge in [0.15, 0.2) is 5.76 Å². The molecule has 1 aliphatic rings. The van der Waals surface area contributed by atoms with Crippen LogP contribution in [0.25, 0.3) is 0 Å². The van der Waals surface area contributed by atoms with Gasteiger partial charge in [-0.05, 0) is 31.0 Å². The molecule has 1 saturated heterocycles. The van der Waals surface area contributed by atoms with Crippen LogP contribution in [0.3, 0.4) is 0 Å². The molecular formula is C17H22N4O3. The van der Waals surface area contributed by atoms with Crippen LogP contribution in [-0.2, 0) is 11.2 Å². The van der Waals surface area contributed by atoms with Gasteiger partial charge in [-0.3, -0.25) is 4.79 Å². The molecule has 2 atom stereocenters. The van der Waals surface area contributed by atoms with E-state index < -0.39 is 0 Å². The van der Waals surface area contributed by atoms with Crippen LogP contribution >= 0.6 is 0 Å². The Morgan fingerprint density at radius 1 is 1.42 bits per heavy atom. The summed E-state index contributed by atoms with van der Waals surface area (Å²) in [5, 5.41) is 6.35. The third kappa shape index (κ3) is 3.73. The van der Waals surface area contributed by atoms with Crippen molar-refractivity contribution in [2.24, 2.45) is 0 Å². The van der Waals surface area contributed by atoms with E-state index in [9.17, 15) is 4.79 Å². The van der Waals surface area contributed by atoms with E-state index in [0.29, 0.717) is 24.8 Å². The normalized spacial score (nSPS) is 20.6. The summed E-state index contributed by atoms with van der Waals surface area (Å²) in [5.41, 5.74) is 1.00. The average Bonchev–Trinajstić information content (AvgIpc) is 2.98. The number of nitrogens with one attached hydrogen (secondary N) is 2. The highest BCUT2D eigenvalue weighted by Gasteiger charge is 2.28. The lowest BCUT2D eigenvalue weighted by Crippen LogP contribution is -2.52. The summed E-state index contributed by atoms with van der Waals surface area (Å²) < 4.78 is 11.2. The van der Waals surface area contributed by atoms with Crippen molar-refractivity contribution in [1.29, 1.82) is 0 Å². The van der Waals surface area contributed by atoms with Gasteiger partial charge in [-0.1, -0.05) is 6.92 Å². The van der Waals surface area contributed by atoms with E-state index in [1.165, 1.54) is 6.33 Å². The number of hydrogen-bond donors (Lipinski definition) is 2. The van der Waals surface area contributed by atoms with Crippen molar-refractivity contribution in [3.05, 3.63) is 41.7 Å². The standard InChI is InChI=1S/C17H22N4O3/c1-3-14-11(2)8-15(24-14)17(22)21-12-5-7-23-9-13(12)20-16-4-6-18-10-19-16/h4,6,8,10,12-13H,3,5,7,9H2,1-2H3,(H,21,22)(H,18,19,20)/t12-,13+/m0/s1. The van der Waals surface area contributed by atoms with E-state index in [1.54, 1.807) is 18.3 Å². The first-order valence-electron chi connectivity index (χ1n) is 8.18. The van der Waals surface area contributed by atoms with E-state index in [1.807, 2.05) is 13.8 Å². The first-order valence-corrected chi connectivity index (χ1v) is 8.18. The molecule has 1 amide bonds. The Morgan fingerprint density at radius 2 is 2.29 bits per heavy atom. The Morgan fingerprint density at radius 3 is 3.00 bits per heavy atom. The summed E-state index contributed by atoms with van der Waals surface area (Å²) in [4.78, 5) is 20.6. The van der Waals surface area contributed by atoms with Gasteiger partial charge >= 0.3 is 0 Å². The zero-order valence-electron chi connectivity index (χ0n) is 13.9. The van der Waals surface area contributed by atoms with E-state index in [4.69, 9.17) is 9.15 Å². The molecule has 2 aromatic heterocycles. The molecule has 0 saturated carbocycles. The maximum atomic E-state index is 12.5. The molecule has 0 radical (unpaired) electrons. The van der Waals surface area contributed by atoms with Crippen LogP contribution in [0.2, 0.25) is 0 Å². The smallest absolute Gasteiger partial charge is 0.287 e. The van der Waals surface area contributed by atoms with Gasteiger partial charge in [0, 0.05) is 19.2 Å². The molecule has 0 aromatic carbocycles. The van der Waals surface area contributed by atoms with Crippen LogP contribution in [0.4, 0.5) is 5.82 Å². The molecule has 1 fully saturated rings. The lowest BCUT2D eigenvalue weighted by molar-refractivity contribution is 0.0609. The molecule has 0 spiro atoms. The Bertz CT molecular complexity index is 686. The predicted molar refractivity (Wildman–Crippen MR) is 89.0 cm³/mol. The van der Waals surface area contributed by atoms with Gasteiger partial charge in [-0.2, -0.15) is 0 Å². The van der Waals surface area contributed by atoms with Crippen molar-refractivity contribution in [3.63, 3.8) is 0 Å². The van der Waals surface area contributed by atoms with E-state index in [-0.39, 0.29) is 18.0 Å². The number of furan rings is 1. The number of carbonyl (C=O) groups excluding carboxylic acids is 1. The molecule has 128 valence electrons. The second kappa shape index (κ2) is 7.44. The molecule has 0 bridgehead atoms. The number of aromatic nitrogens is 2. The van der Waals surface area contributed by atoms with Gasteiger partial charge in [-0.15, -0.1) is 0 Å². The number of ether oxygens (including phenoxy) is 1. The fourth-order valence-electron chi connectivity index (χ4n) is 2.84. The Kier molecular flexibility index (Phi) is 5.10. The largest absolute Gasteiger partial charge is 0.456 e. The van der Waals surface area contributed by atoms with Gasteiger partial charge in [-0.25, -0.2) is 9.97 Å². The van der Waals surface area contributed by atoms with Crippen molar-refractivity contribution in [3.8, 4) is 0 Å². The summed E-state index contributed by atoms with van der Waals surface area (Å²) >= 11 is 0. The quantitative estimate of drug-likeness (QED) is 0.871. The van der Waals surface area contributed by atoms with Gasteiger partial charge in [0.2, 0.25) is 0 Å². The van der Waals surface area contributed by atoms with Crippen LogP contribution in [0.5, 0.6) is 0 Å². The van der Waals surface area contributed by atoms with E-state index in [2.05, 4.69) is 20.6 Å². The van der Waals surface area contributed by atoms with Crippen LogP contribution < -0.4 is 10.6 Å². The number of nitrogens with zero attached hydrogens (tertiary/aromatic N) is 2. The summed E-state index contributed by atoms with van der Waals surface area (Å²) in [5.74, 6) is 1.72. The molecule has 3 heterocycles. The minimum Gasteiger partial charge on any atom is -0.456 e. The highest BCUT2D eigenvalue weighted by molar-refractivity contribution is 5.92. The van der Waals surface area contributed by atoms with Crippen LogP contribution in [0.15, 0.2) is 29.1 Å². The highest BCUT2D eigenvalue weighted by atomic mass is 16.5. The lowest BCUT2D eigenvalue weighted by atomic mass is 10.0. The maximum absolute atomic E-state index is 12.5. The van der Waals surface area contributed by atoms with Crippen molar-refractivity contribution < 1.29 is 13.9 Å². The predicted octanol–water partition coefficient (Wildman–Crippen LogP) is 1.94. The van der Waals surface area contributed by atoms with Gasteiger partial charge in [0.25, 0.3) is 5.91 Å². The second-order valence-electron chi connectivity index (χ2n) is 5.86. The monoisotopic (exact) mass is 330 g/mol. The van der Waals surface area contributed by atoms with Crippen molar-refractivity contribution in [2.45, 2.75) is 38.8 Å². The number of aryl methyl sites for hydroxylation is 2. The van der Waals surface area contributed by atoms with Crippen molar-refractivity contribution >= 4 is 11.7 Å². The zero-order valence-corrected chi connectivity index (χ0v) is 13.9. The lowest BCUT2D eigenvalue weighted by Gasteiger charge is -2.32. The molecule has 1 aliphatic heterocycles. The molecule has 7 nitrogen and oxygen atoms in total. The number of amides is 1. The van der Waals surface area contributed by atoms with Gasteiger partial charge < -0.3 is 19.8 Å². The number of rotatable bonds is 5. The third-order valence-electron chi connectivity index (χ3n) is 4.15. The van der Waals surface area contributed by atoms with Crippen LogP contribution in [-0.4, -0.2) is 41.2 Å². The average molecular weight is 330 g/mol. The summed E-state index contributed by atoms with van der Waals surface area (Å²) in [6, 6.07) is 3.47. The minimum absolute atomic E-state index is 0.0562. The summed E-state index contributed by atoms with van der Waals surface area (Å²) in [6.45, 7) is 5.08. The van der Waals surface area contributed by atoms with Crippen molar-refractivity contribution in [2.75, 3.05) is 18.5 Å². The summed E-state index contributed by atoms with van der Waals surface area (Å²) in [6.07, 6.45) is 4.66. The van der Waals surface area contributed by atoms with E-state index >= 15 is 0 Å². The molecule has 7 heteroatoms. The number of anilines is 1. The van der Waals surface area contributed by atoms with Gasteiger partial charge in [0.05, 0.1) is 18.7 Å². The molecule has 3 rings (SSSR count). The van der Waals surface area contributed by atoms with Crippen LogP contribution in [0.1, 0.15) is 35.2 Å². The molecule has 2 aromatic rings. The minimum atomic E-state index is -0.195. The highest BCUT2D eigenvalue weighted by Crippen LogP contribution is 2.17. The first-order chi connectivity index (χ1) is 11.7.